The number of nitrogens with one attached hydrogen (secondary N) is 1. The lowest BCUT2D eigenvalue weighted by Gasteiger charge is -2.39. The van der Waals surface area contributed by atoms with E-state index in [4.69, 9.17) is 0 Å². The second-order valence-corrected chi connectivity index (χ2v) is 8.16. The summed E-state index contributed by atoms with van der Waals surface area (Å²) < 4.78 is 39.4. The number of aryl methyl sites for hydroxylation is 1. The molecule has 2 amide bonds. The number of amides is 2. The van der Waals surface area contributed by atoms with Crippen LogP contribution < -0.4 is 10.2 Å². The van der Waals surface area contributed by atoms with E-state index in [2.05, 4.69) is 5.32 Å². The molecule has 2 aliphatic rings. The lowest BCUT2D eigenvalue weighted by molar-refractivity contribution is -0.147. The number of nitrogens with zero attached hydrogens (tertiary/aromatic N) is 1. The molecule has 1 unspecified atom stereocenters. The highest BCUT2D eigenvalue weighted by Crippen LogP contribution is 2.44. The Morgan fingerprint density at radius 1 is 1.13 bits per heavy atom. The topological polar surface area (TPSA) is 49.4 Å². The third-order valence-corrected chi connectivity index (χ3v) is 5.93. The summed E-state index contributed by atoms with van der Waals surface area (Å²) in [6.45, 7) is 2.30. The van der Waals surface area contributed by atoms with Crippen LogP contribution in [0, 0.1) is 11.7 Å². The molecule has 7 heteroatoms. The maximum absolute atomic E-state index is 13.2. The summed E-state index contributed by atoms with van der Waals surface area (Å²) in [5.74, 6) is -4.63. The third kappa shape index (κ3) is 4.06. The molecule has 2 aromatic rings. The van der Waals surface area contributed by atoms with Gasteiger partial charge >= 0.3 is 0 Å². The molecule has 30 heavy (non-hydrogen) atoms. The van der Waals surface area contributed by atoms with Gasteiger partial charge < -0.3 is 10.2 Å². The number of carbonyl (C=O) groups excluding carboxylic acids is 2. The summed E-state index contributed by atoms with van der Waals surface area (Å²) in [5.41, 5.74) is 3.01. The highest BCUT2D eigenvalue weighted by molar-refractivity contribution is 5.98. The lowest BCUT2D eigenvalue weighted by atomic mass is 9.80. The van der Waals surface area contributed by atoms with Gasteiger partial charge in [-0.05, 0) is 61.2 Å². The Labute approximate surface area is 173 Å². The molecule has 1 saturated carbocycles. The summed E-state index contributed by atoms with van der Waals surface area (Å²) in [6.07, 6.45) is 0.758. The Morgan fingerprint density at radius 3 is 2.50 bits per heavy atom. The number of anilines is 2. The molecular formula is C23H23F3N2O2. The Balaban J connectivity index is 1.48. The van der Waals surface area contributed by atoms with Crippen molar-refractivity contribution in [3.05, 3.63) is 59.4 Å². The van der Waals surface area contributed by atoms with E-state index in [1.165, 1.54) is 24.3 Å². The van der Waals surface area contributed by atoms with Crippen molar-refractivity contribution in [2.24, 2.45) is 5.92 Å². The van der Waals surface area contributed by atoms with Gasteiger partial charge in [-0.15, -0.1) is 0 Å². The van der Waals surface area contributed by atoms with Crippen molar-refractivity contribution >= 4 is 23.2 Å². The maximum Gasteiger partial charge on any atom is 0.249 e. The Kier molecular flexibility index (Phi) is 5.30. The molecule has 1 aliphatic heterocycles. The van der Waals surface area contributed by atoms with Gasteiger partial charge in [-0.2, -0.15) is 0 Å². The largest absolute Gasteiger partial charge is 0.326 e. The van der Waals surface area contributed by atoms with Crippen molar-refractivity contribution in [3.63, 3.8) is 0 Å². The number of benzene rings is 2. The summed E-state index contributed by atoms with van der Waals surface area (Å²) in [7, 11) is 0. The van der Waals surface area contributed by atoms with Crippen LogP contribution in [0.25, 0.3) is 0 Å². The van der Waals surface area contributed by atoms with Crippen LogP contribution in [0.2, 0.25) is 0 Å². The van der Waals surface area contributed by atoms with Crippen molar-refractivity contribution in [2.45, 2.75) is 44.4 Å². The number of alkyl halides is 2. The predicted octanol–water partition coefficient (Wildman–Crippen LogP) is 4.89. The minimum absolute atomic E-state index is 0.220. The van der Waals surface area contributed by atoms with Gasteiger partial charge in [-0.3, -0.25) is 9.59 Å². The third-order valence-electron chi connectivity index (χ3n) is 5.93. The average Bonchev–Trinajstić information content (AvgIpc) is 2.71. The maximum atomic E-state index is 13.2. The zero-order valence-corrected chi connectivity index (χ0v) is 16.6. The molecule has 0 radical (unpaired) electrons. The quantitative estimate of drug-likeness (QED) is 0.771. The van der Waals surface area contributed by atoms with Crippen molar-refractivity contribution < 1.29 is 22.8 Å². The summed E-state index contributed by atoms with van der Waals surface area (Å²) in [6, 6.07) is 11.1. The van der Waals surface area contributed by atoms with Crippen LogP contribution in [0.5, 0.6) is 0 Å². The molecule has 0 saturated heterocycles. The van der Waals surface area contributed by atoms with E-state index in [1.54, 1.807) is 24.0 Å². The van der Waals surface area contributed by atoms with Crippen molar-refractivity contribution in [1.29, 1.82) is 0 Å². The molecule has 0 aromatic heterocycles. The predicted molar refractivity (Wildman–Crippen MR) is 108 cm³/mol. The first kappa shape index (κ1) is 20.4. The van der Waals surface area contributed by atoms with Crippen molar-refractivity contribution in [1.82, 2.24) is 0 Å². The average molecular weight is 416 g/mol. The summed E-state index contributed by atoms with van der Waals surface area (Å²) >= 11 is 0. The second-order valence-electron chi connectivity index (χ2n) is 8.16. The van der Waals surface area contributed by atoms with Crippen LogP contribution in [-0.4, -0.2) is 24.3 Å². The molecule has 1 aliphatic carbocycles. The molecule has 1 N–H and O–H groups in total. The first-order valence-corrected chi connectivity index (χ1v) is 10.1. The van der Waals surface area contributed by atoms with Gasteiger partial charge in [-0.25, -0.2) is 13.2 Å². The minimum Gasteiger partial charge on any atom is -0.326 e. The number of hydrogen-bond acceptors (Lipinski definition) is 2. The fourth-order valence-corrected chi connectivity index (χ4v) is 4.11. The van der Waals surface area contributed by atoms with Gasteiger partial charge in [0.2, 0.25) is 17.7 Å². The fourth-order valence-electron chi connectivity index (χ4n) is 4.11. The molecular weight excluding hydrogens is 393 g/mol. The van der Waals surface area contributed by atoms with Crippen LogP contribution in [0.4, 0.5) is 24.5 Å². The van der Waals surface area contributed by atoms with E-state index < -0.39 is 17.8 Å². The lowest BCUT2D eigenvalue weighted by Crippen LogP contribution is -2.48. The highest BCUT2D eigenvalue weighted by atomic mass is 19.3. The van der Waals surface area contributed by atoms with E-state index in [9.17, 15) is 22.8 Å². The van der Waals surface area contributed by atoms with E-state index in [0.717, 1.165) is 29.7 Å². The molecule has 1 atom stereocenters. The summed E-state index contributed by atoms with van der Waals surface area (Å²) in [4.78, 5) is 26.9. The molecule has 158 valence electrons. The van der Waals surface area contributed by atoms with Crippen molar-refractivity contribution in [2.75, 3.05) is 16.8 Å². The number of hydrogen-bond donors (Lipinski definition) is 1. The van der Waals surface area contributed by atoms with E-state index >= 15 is 0 Å². The molecule has 0 bridgehead atoms. The van der Waals surface area contributed by atoms with Crippen LogP contribution >= 0.6 is 0 Å². The van der Waals surface area contributed by atoms with Gasteiger partial charge in [0.1, 0.15) is 5.82 Å². The molecule has 0 spiro atoms. The standard InChI is InChI=1S/C23H23F3N2O2/c1-14(21(29)27-19-7-5-18(24)6-8-19)15-4-9-20-16(11-15)3-2-10-28(20)22(30)17-12-23(25,26)13-17/h4-9,11,14,17H,2-3,10,12-13H2,1H3,(H,27,29). The van der Waals surface area contributed by atoms with Gasteiger partial charge in [0.25, 0.3) is 0 Å². The van der Waals surface area contributed by atoms with E-state index in [-0.39, 0.29) is 30.5 Å². The fraction of sp³-hybridized carbons (Fsp3) is 0.391. The van der Waals surface area contributed by atoms with Gasteiger partial charge in [0.15, 0.2) is 0 Å². The van der Waals surface area contributed by atoms with Gasteiger partial charge in [0, 0.05) is 36.7 Å². The zero-order valence-electron chi connectivity index (χ0n) is 16.6. The Bertz CT molecular complexity index is 967. The van der Waals surface area contributed by atoms with Gasteiger partial charge in [-0.1, -0.05) is 12.1 Å². The monoisotopic (exact) mass is 416 g/mol. The number of carbonyl (C=O) groups is 2. The normalized spacial score (nSPS) is 18.9. The highest BCUT2D eigenvalue weighted by Gasteiger charge is 2.50. The SMILES string of the molecule is CC(C(=O)Nc1ccc(F)cc1)c1ccc2c(c1)CCCN2C(=O)C1CC(F)(F)C1. The molecule has 1 fully saturated rings. The smallest absolute Gasteiger partial charge is 0.249 e. The molecule has 1 heterocycles. The van der Waals surface area contributed by atoms with E-state index in [1.807, 2.05) is 6.07 Å². The first-order chi connectivity index (χ1) is 14.2. The molecule has 4 nitrogen and oxygen atoms in total. The van der Waals surface area contributed by atoms with Crippen molar-refractivity contribution in [3.8, 4) is 0 Å². The molecule has 2 aromatic carbocycles. The van der Waals surface area contributed by atoms with Crippen LogP contribution in [0.3, 0.4) is 0 Å². The zero-order chi connectivity index (χ0) is 21.5. The number of halogens is 3. The van der Waals surface area contributed by atoms with Crippen LogP contribution in [0.1, 0.15) is 43.2 Å². The minimum atomic E-state index is -2.73. The van der Waals surface area contributed by atoms with Crippen LogP contribution in [0.15, 0.2) is 42.5 Å². The Hall–Kier alpha value is -2.83. The Morgan fingerprint density at radius 2 is 1.83 bits per heavy atom. The number of rotatable bonds is 4. The van der Waals surface area contributed by atoms with Crippen LogP contribution in [-0.2, 0) is 16.0 Å². The van der Waals surface area contributed by atoms with Gasteiger partial charge in [0.05, 0.1) is 5.92 Å². The molecule has 4 rings (SSSR count). The summed E-state index contributed by atoms with van der Waals surface area (Å²) in [5, 5.41) is 2.77. The second kappa shape index (κ2) is 7.78. The first-order valence-electron chi connectivity index (χ1n) is 10.1. The van der Waals surface area contributed by atoms with E-state index in [0.29, 0.717) is 12.2 Å². The number of fused-ring (bicyclic) bond motifs is 1.